The third-order valence-electron chi connectivity index (χ3n) is 4.23. The fraction of sp³-hybridized carbons (Fsp3) is 0.0952. The van der Waals surface area contributed by atoms with Crippen LogP contribution in [0.3, 0.4) is 0 Å². The number of carbonyl (C=O) groups is 1. The zero-order valence-corrected chi connectivity index (χ0v) is 14.8. The maximum atomic E-state index is 12.7. The first-order chi connectivity index (χ1) is 13.2. The number of rotatable bonds is 5. The van der Waals surface area contributed by atoms with Gasteiger partial charge in [0.25, 0.3) is 0 Å². The molecule has 1 amide bonds. The Balaban J connectivity index is 1.67. The molecule has 0 bridgehead atoms. The number of imidazole rings is 1. The number of hydrogen-bond donors (Lipinski definition) is 1. The summed E-state index contributed by atoms with van der Waals surface area (Å²) >= 11 is 0. The lowest BCUT2D eigenvalue weighted by Gasteiger charge is -2.11. The van der Waals surface area contributed by atoms with Crippen molar-refractivity contribution in [3.63, 3.8) is 0 Å². The molecule has 0 saturated carbocycles. The molecule has 1 N–H and O–H groups in total. The Bertz CT molecular complexity index is 1090. The van der Waals surface area contributed by atoms with Gasteiger partial charge in [0.1, 0.15) is 18.1 Å². The second-order valence-corrected chi connectivity index (χ2v) is 6.03. The van der Waals surface area contributed by atoms with Crippen LogP contribution in [0.1, 0.15) is 0 Å². The van der Waals surface area contributed by atoms with Gasteiger partial charge in [0, 0.05) is 29.7 Å². The van der Waals surface area contributed by atoms with E-state index in [1.165, 1.54) is 0 Å². The molecule has 0 saturated heterocycles. The van der Waals surface area contributed by atoms with Crippen molar-refractivity contribution in [2.75, 3.05) is 12.4 Å². The minimum atomic E-state index is -0.142. The number of fused-ring (bicyclic) bond motifs is 1. The van der Waals surface area contributed by atoms with Crippen LogP contribution >= 0.6 is 0 Å². The number of amides is 1. The Morgan fingerprint density at radius 3 is 2.81 bits per heavy atom. The number of carbonyl (C=O) groups excluding carboxylic acids is 1. The first-order valence-electron chi connectivity index (χ1n) is 8.54. The van der Waals surface area contributed by atoms with E-state index in [1.807, 2.05) is 59.2 Å². The fourth-order valence-electron chi connectivity index (χ4n) is 3.00. The van der Waals surface area contributed by atoms with Gasteiger partial charge in [0.05, 0.1) is 18.1 Å². The predicted molar refractivity (Wildman–Crippen MR) is 105 cm³/mol. The highest BCUT2D eigenvalue weighted by molar-refractivity contribution is 5.92. The summed E-state index contributed by atoms with van der Waals surface area (Å²) in [7, 11) is 1.60. The van der Waals surface area contributed by atoms with Crippen molar-refractivity contribution in [2.24, 2.45) is 0 Å². The van der Waals surface area contributed by atoms with Crippen LogP contribution in [0.15, 0.2) is 73.1 Å². The number of para-hydroxylation sites is 2. The van der Waals surface area contributed by atoms with E-state index in [9.17, 15) is 4.79 Å². The average Bonchev–Trinajstić information content (AvgIpc) is 3.07. The predicted octanol–water partition coefficient (Wildman–Crippen LogP) is 3.75. The topological polar surface area (TPSA) is 69.0 Å². The molecule has 0 fully saturated rings. The number of methoxy groups -OCH3 is 1. The smallest absolute Gasteiger partial charge is 0.244 e. The largest absolute Gasteiger partial charge is 0.497 e. The van der Waals surface area contributed by atoms with Crippen LogP contribution in [0.25, 0.3) is 22.4 Å². The molecule has 0 radical (unpaired) electrons. The summed E-state index contributed by atoms with van der Waals surface area (Å²) in [5.41, 5.74) is 3.29. The molecule has 134 valence electrons. The Kier molecular flexibility index (Phi) is 4.53. The molecule has 0 unspecified atom stereocenters. The molecular formula is C21H18N4O2. The molecule has 4 aromatic rings. The van der Waals surface area contributed by atoms with Gasteiger partial charge in [-0.2, -0.15) is 0 Å². The number of hydrogen-bond acceptors (Lipinski definition) is 4. The summed E-state index contributed by atoms with van der Waals surface area (Å²) in [5, 5.41) is 2.92. The number of pyridine rings is 1. The number of aromatic nitrogens is 3. The summed E-state index contributed by atoms with van der Waals surface area (Å²) in [6.45, 7) is 0.141. The van der Waals surface area contributed by atoms with Gasteiger partial charge >= 0.3 is 0 Å². The van der Waals surface area contributed by atoms with Crippen LogP contribution in [0.5, 0.6) is 5.75 Å². The van der Waals surface area contributed by atoms with Crippen molar-refractivity contribution in [3.8, 4) is 17.1 Å². The summed E-state index contributed by atoms with van der Waals surface area (Å²) in [5.74, 6) is 1.26. The number of nitrogens with one attached hydrogen (secondary N) is 1. The quantitative estimate of drug-likeness (QED) is 0.590. The Morgan fingerprint density at radius 1 is 1.11 bits per heavy atom. The van der Waals surface area contributed by atoms with E-state index in [0.29, 0.717) is 17.3 Å². The number of anilines is 1. The average molecular weight is 358 g/mol. The molecule has 0 aliphatic carbocycles. The second kappa shape index (κ2) is 7.29. The first-order valence-corrected chi connectivity index (χ1v) is 8.54. The van der Waals surface area contributed by atoms with E-state index >= 15 is 0 Å². The minimum Gasteiger partial charge on any atom is -0.497 e. The lowest BCUT2D eigenvalue weighted by molar-refractivity contribution is -0.116. The van der Waals surface area contributed by atoms with Gasteiger partial charge in [-0.05, 0) is 36.4 Å². The van der Waals surface area contributed by atoms with Gasteiger partial charge in [0.2, 0.25) is 5.91 Å². The van der Waals surface area contributed by atoms with E-state index in [4.69, 9.17) is 9.72 Å². The maximum Gasteiger partial charge on any atom is 0.244 e. The van der Waals surface area contributed by atoms with Crippen LogP contribution in [0.4, 0.5) is 5.69 Å². The van der Waals surface area contributed by atoms with Crippen LogP contribution < -0.4 is 10.1 Å². The van der Waals surface area contributed by atoms with E-state index in [2.05, 4.69) is 10.3 Å². The van der Waals surface area contributed by atoms with Gasteiger partial charge in [-0.3, -0.25) is 9.78 Å². The van der Waals surface area contributed by atoms with Crippen LogP contribution in [-0.2, 0) is 11.3 Å². The molecule has 0 atom stereocenters. The van der Waals surface area contributed by atoms with E-state index in [-0.39, 0.29) is 12.5 Å². The van der Waals surface area contributed by atoms with Crippen LogP contribution in [-0.4, -0.2) is 27.6 Å². The minimum absolute atomic E-state index is 0.141. The molecule has 0 spiro atoms. The van der Waals surface area contributed by atoms with E-state index in [1.54, 1.807) is 25.6 Å². The van der Waals surface area contributed by atoms with E-state index in [0.717, 1.165) is 16.6 Å². The summed E-state index contributed by atoms with van der Waals surface area (Å²) in [6.07, 6.45) is 3.46. The Hall–Kier alpha value is -3.67. The molecule has 6 nitrogen and oxygen atoms in total. The van der Waals surface area contributed by atoms with Crippen molar-refractivity contribution < 1.29 is 9.53 Å². The molecule has 0 aliphatic heterocycles. The zero-order valence-electron chi connectivity index (χ0n) is 14.8. The highest BCUT2D eigenvalue weighted by atomic mass is 16.5. The first kappa shape index (κ1) is 16.8. The van der Waals surface area contributed by atoms with Crippen LogP contribution in [0, 0.1) is 0 Å². The molecule has 2 heterocycles. The normalized spacial score (nSPS) is 10.7. The Labute approximate surface area is 156 Å². The molecule has 2 aromatic heterocycles. The molecule has 27 heavy (non-hydrogen) atoms. The lowest BCUT2D eigenvalue weighted by atomic mass is 10.2. The van der Waals surface area contributed by atoms with Crippen molar-refractivity contribution in [2.45, 2.75) is 6.54 Å². The molecule has 6 heteroatoms. The number of benzene rings is 2. The third-order valence-corrected chi connectivity index (χ3v) is 4.23. The van der Waals surface area contributed by atoms with Gasteiger partial charge < -0.3 is 14.6 Å². The highest BCUT2D eigenvalue weighted by Gasteiger charge is 2.15. The number of ether oxygens (including phenoxy) is 1. The summed E-state index contributed by atoms with van der Waals surface area (Å²) < 4.78 is 7.11. The summed E-state index contributed by atoms with van der Waals surface area (Å²) in [4.78, 5) is 21.6. The van der Waals surface area contributed by atoms with Crippen LogP contribution in [0.2, 0.25) is 0 Å². The second-order valence-electron chi connectivity index (χ2n) is 6.03. The monoisotopic (exact) mass is 358 g/mol. The molecule has 4 rings (SSSR count). The highest BCUT2D eigenvalue weighted by Crippen LogP contribution is 2.24. The fourth-order valence-corrected chi connectivity index (χ4v) is 3.00. The van der Waals surface area contributed by atoms with Gasteiger partial charge in [-0.1, -0.05) is 18.2 Å². The summed E-state index contributed by atoms with van der Waals surface area (Å²) in [6, 6.07) is 18.8. The maximum absolute atomic E-state index is 12.7. The van der Waals surface area contributed by atoms with Gasteiger partial charge in [-0.25, -0.2) is 4.98 Å². The molecule has 2 aromatic carbocycles. The van der Waals surface area contributed by atoms with Crippen molar-refractivity contribution >= 4 is 22.6 Å². The van der Waals surface area contributed by atoms with Gasteiger partial charge in [0.15, 0.2) is 0 Å². The Morgan fingerprint density at radius 2 is 2.00 bits per heavy atom. The van der Waals surface area contributed by atoms with Crippen molar-refractivity contribution in [1.82, 2.24) is 14.5 Å². The van der Waals surface area contributed by atoms with Crippen molar-refractivity contribution in [3.05, 3.63) is 73.1 Å². The molecular weight excluding hydrogens is 340 g/mol. The lowest BCUT2D eigenvalue weighted by Crippen LogP contribution is -2.19. The third kappa shape index (κ3) is 3.50. The van der Waals surface area contributed by atoms with Crippen molar-refractivity contribution in [1.29, 1.82) is 0 Å². The molecule has 0 aliphatic rings. The van der Waals surface area contributed by atoms with E-state index < -0.39 is 0 Å². The SMILES string of the molecule is COc1cccc(NC(=O)Cn2c(-c3cccnc3)nc3ccccc32)c1. The van der Waals surface area contributed by atoms with Gasteiger partial charge in [-0.15, -0.1) is 0 Å². The standard InChI is InChI=1S/C21H18N4O2/c1-27-17-8-4-7-16(12-17)23-20(26)14-25-19-10-3-2-9-18(19)24-21(25)15-6-5-11-22-13-15/h2-13H,14H2,1H3,(H,23,26). The zero-order chi connectivity index (χ0) is 18.6. The number of nitrogens with zero attached hydrogens (tertiary/aromatic N) is 3.